The number of nitrogens with one attached hydrogen (secondary N) is 3. The Hall–Kier alpha value is -4.14. The number of aromatic nitrogens is 2. The number of Topliss-reactive ketones (excluding diaryl/α,β-unsaturated/α-hetero) is 1. The fourth-order valence-electron chi connectivity index (χ4n) is 5.79. The van der Waals surface area contributed by atoms with Crippen LogP contribution < -0.4 is 30.0 Å². The predicted octanol–water partition coefficient (Wildman–Crippen LogP) is 4.53. The highest BCUT2D eigenvalue weighted by Gasteiger charge is 2.40. The van der Waals surface area contributed by atoms with E-state index in [-0.39, 0.29) is 17.3 Å². The van der Waals surface area contributed by atoms with Gasteiger partial charge in [0.05, 0.1) is 26.9 Å². The third-order valence-electron chi connectivity index (χ3n) is 7.69. The maximum absolute atomic E-state index is 13.8. The van der Waals surface area contributed by atoms with Crippen LogP contribution in [0.5, 0.6) is 17.2 Å². The number of methoxy groups -OCH3 is 3. The summed E-state index contributed by atoms with van der Waals surface area (Å²) in [4.78, 5) is 29.0. The number of anilines is 2. The number of allylic oxidation sites excluding steroid dienone is 2. The van der Waals surface area contributed by atoms with Gasteiger partial charge in [-0.1, -0.05) is 12.1 Å². The second-order valence-corrected chi connectivity index (χ2v) is 9.57. The van der Waals surface area contributed by atoms with Crippen molar-refractivity contribution < 1.29 is 19.0 Å². The molecule has 0 bridgehead atoms. The Morgan fingerprint density at radius 3 is 2.11 bits per heavy atom. The molecule has 1 aliphatic carbocycles. The highest BCUT2D eigenvalue weighted by Crippen LogP contribution is 2.48. The van der Waals surface area contributed by atoms with Crippen molar-refractivity contribution in [3.63, 3.8) is 0 Å². The smallest absolute Gasteiger partial charge is 0.270 e. The van der Waals surface area contributed by atoms with Crippen LogP contribution in [0.2, 0.25) is 0 Å². The summed E-state index contributed by atoms with van der Waals surface area (Å²) in [6, 6.07) is 12.0. The van der Waals surface area contributed by atoms with Gasteiger partial charge in [-0.15, -0.1) is 0 Å². The van der Waals surface area contributed by atoms with Crippen molar-refractivity contribution in [3.05, 3.63) is 74.7 Å². The SMILES string of the molecule is CCN(CC)c1ccc([C@H]2C3=C(C[C@H](c4cc(OC)c(OC)c(OC)c4)CC3=O)Nc3[nH][nH]c(=O)c32)cc1. The third kappa shape index (κ3) is 4.21. The van der Waals surface area contributed by atoms with E-state index in [0.29, 0.717) is 47.0 Å². The number of benzene rings is 2. The van der Waals surface area contributed by atoms with E-state index in [1.165, 1.54) is 0 Å². The summed E-state index contributed by atoms with van der Waals surface area (Å²) in [6.07, 6.45) is 0.908. The number of fused-ring (bicyclic) bond motifs is 1. The monoisotopic (exact) mass is 518 g/mol. The van der Waals surface area contributed by atoms with E-state index in [1.807, 2.05) is 24.3 Å². The van der Waals surface area contributed by atoms with Crippen molar-refractivity contribution in [2.75, 3.05) is 44.6 Å². The molecule has 0 fully saturated rings. The van der Waals surface area contributed by atoms with Crippen LogP contribution in [0, 0.1) is 0 Å². The highest BCUT2D eigenvalue weighted by molar-refractivity contribution is 6.01. The van der Waals surface area contributed by atoms with Gasteiger partial charge in [-0.2, -0.15) is 0 Å². The highest BCUT2D eigenvalue weighted by atomic mass is 16.5. The first-order valence-electron chi connectivity index (χ1n) is 12.9. The Bertz CT molecular complexity index is 1410. The van der Waals surface area contributed by atoms with Gasteiger partial charge in [-0.05, 0) is 61.6 Å². The molecule has 0 amide bonds. The first kappa shape index (κ1) is 25.5. The predicted molar refractivity (Wildman–Crippen MR) is 147 cm³/mol. The normalized spacial score (nSPS) is 18.4. The topological polar surface area (TPSA) is 109 Å². The van der Waals surface area contributed by atoms with Crippen molar-refractivity contribution >= 4 is 17.3 Å². The number of carbonyl (C=O) groups is 1. The van der Waals surface area contributed by atoms with Crippen molar-refractivity contribution in [2.45, 2.75) is 38.5 Å². The molecular weight excluding hydrogens is 484 g/mol. The number of hydrogen-bond acceptors (Lipinski definition) is 7. The van der Waals surface area contributed by atoms with Crippen LogP contribution in [-0.4, -0.2) is 50.4 Å². The summed E-state index contributed by atoms with van der Waals surface area (Å²) in [7, 11) is 4.73. The molecule has 9 nitrogen and oxygen atoms in total. The molecule has 5 rings (SSSR count). The van der Waals surface area contributed by atoms with Gasteiger partial charge in [0, 0.05) is 42.4 Å². The molecule has 0 saturated carbocycles. The van der Waals surface area contributed by atoms with E-state index in [1.54, 1.807) is 21.3 Å². The van der Waals surface area contributed by atoms with E-state index in [2.05, 4.69) is 46.4 Å². The average Bonchev–Trinajstić information content (AvgIpc) is 3.31. The van der Waals surface area contributed by atoms with Gasteiger partial charge in [0.15, 0.2) is 17.3 Å². The van der Waals surface area contributed by atoms with Crippen LogP contribution >= 0.6 is 0 Å². The molecule has 2 heterocycles. The summed E-state index contributed by atoms with van der Waals surface area (Å²) >= 11 is 0. The number of H-pyrrole nitrogens is 2. The quantitative estimate of drug-likeness (QED) is 0.402. The van der Waals surface area contributed by atoms with Crippen molar-refractivity contribution in [1.29, 1.82) is 0 Å². The lowest BCUT2D eigenvalue weighted by Crippen LogP contribution is -2.31. The number of ketones is 1. The lowest BCUT2D eigenvalue weighted by Gasteiger charge is -2.35. The molecular formula is C29H34N4O5. The number of rotatable bonds is 8. The maximum Gasteiger partial charge on any atom is 0.270 e. The van der Waals surface area contributed by atoms with Gasteiger partial charge in [-0.3, -0.25) is 19.8 Å². The third-order valence-corrected chi connectivity index (χ3v) is 7.69. The second kappa shape index (κ2) is 10.3. The number of hydrogen-bond donors (Lipinski definition) is 3. The zero-order valence-electron chi connectivity index (χ0n) is 22.4. The number of ether oxygens (including phenoxy) is 3. The molecule has 0 unspecified atom stereocenters. The van der Waals surface area contributed by atoms with Gasteiger partial charge in [0.25, 0.3) is 5.56 Å². The van der Waals surface area contributed by atoms with E-state index in [0.717, 1.165) is 35.6 Å². The Morgan fingerprint density at radius 1 is 0.868 bits per heavy atom. The molecule has 0 saturated heterocycles. The van der Waals surface area contributed by atoms with Crippen LogP contribution in [0.3, 0.4) is 0 Å². The fraction of sp³-hybridized carbons (Fsp3) is 0.379. The lowest BCUT2D eigenvalue weighted by molar-refractivity contribution is -0.116. The van der Waals surface area contributed by atoms with Gasteiger partial charge < -0.3 is 24.4 Å². The van der Waals surface area contributed by atoms with E-state index >= 15 is 0 Å². The van der Waals surface area contributed by atoms with Crippen LogP contribution in [0.1, 0.15) is 55.2 Å². The summed E-state index contributed by atoms with van der Waals surface area (Å²) < 4.78 is 16.6. The Kier molecular flexibility index (Phi) is 6.93. The molecule has 1 aromatic heterocycles. The average molecular weight is 519 g/mol. The van der Waals surface area contributed by atoms with Crippen LogP contribution in [0.25, 0.3) is 0 Å². The molecule has 0 spiro atoms. The summed E-state index contributed by atoms with van der Waals surface area (Å²) in [5.74, 6) is 1.68. The molecule has 3 aromatic rings. The lowest BCUT2D eigenvalue weighted by atomic mass is 9.72. The van der Waals surface area contributed by atoms with Gasteiger partial charge in [0.1, 0.15) is 5.82 Å². The number of carbonyl (C=O) groups excluding carboxylic acids is 1. The molecule has 38 heavy (non-hydrogen) atoms. The van der Waals surface area contributed by atoms with Crippen LogP contribution in [-0.2, 0) is 4.79 Å². The molecule has 2 aromatic carbocycles. The van der Waals surface area contributed by atoms with Gasteiger partial charge in [-0.25, -0.2) is 0 Å². The zero-order chi connectivity index (χ0) is 27.0. The minimum absolute atomic E-state index is 0.0153. The van der Waals surface area contributed by atoms with Gasteiger partial charge >= 0.3 is 0 Å². The summed E-state index contributed by atoms with van der Waals surface area (Å²) in [5, 5.41) is 9.02. The number of aromatic amines is 2. The minimum atomic E-state index is -0.449. The minimum Gasteiger partial charge on any atom is -0.493 e. The first-order valence-corrected chi connectivity index (χ1v) is 12.9. The Balaban J connectivity index is 1.56. The van der Waals surface area contributed by atoms with E-state index < -0.39 is 5.92 Å². The zero-order valence-corrected chi connectivity index (χ0v) is 22.4. The molecule has 2 aliphatic rings. The van der Waals surface area contributed by atoms with E-state index in [4.69, 9.17) is 14.2 Å². The molecule has 200 valence electrons. The van der Waals surface area contributed by atoms with Crippen molar-refractivity contribution in [1.82, 2.24) is 10.2 Å². The van der Waals surface area contributed by atoms with Gasteiger partial charge in [0.2, 0.25) is 5.75 Å². The van der Waals surface area contributed by atoms with Crippen molar-refractivity contribution in [2.24, 2.45) is 0 Å². The second-order valence-electron chi connectivity index (χ2n) is 9.57. The Morgan fingerprint density at radius 2 is 1.53 bits per heavy atom. The largest absolute Gasteiger partial charge is 0.493 e. The van der Waals surface area contributed by atoms with Crippen molar-refractivity contribution in [3.8, 4) is 17.2 Å². The van der Waals surface area contributed by atoms with E-state index in [9.17, 15) is 9.59 Å². The molecule has 3 N–H and O–H groups in total. The Labute approximate surface area is 221 Å². The molecule has 2 atom stereocenters. The molecule has 1 aliphatic heterocycles. The van der Waals surface area contributed by atoms with Crippen LogP contribution in [0.15, 0.2) is 52.5 Å². The summed E-state index contributed by atoms with van der Waals surface area (Å²) in [6.45, 7) is 6.05. The fourth-order valence-corrected chi connectivity index (χ4v) is 5.79. The first-order chi connectivity index (χ1) is 18.4. The maximum atomic E-state index is 13.8. The standard InChI is InChI=1S/C29H34N4O5/c1-6-33(7-2)19-10-8-16(9-11-19)24-25-20(30-28-26(24)29(35)32-31-28)12-17(13-21(25)34)18-14-22(36-3)27(38-5)23(15-18)37-4/h8-11,14-15,17,24H,6-7,12-13H2,1-5H3,(H3,30,31,32,35)/t17-,24-/m0/s1. The summed E-state index contributed by atoms with van der Waals surface area (Å²) in [5.41, 5.74) is 4.75. The molecule has 0 radical (unpaired) electrons. The molecule has 9 heteroatoms. The van der Waals surface area contributed by atoms with Crippen LogP contribution in [0.4, 0.5) is 11.5 Å². The number of nitrogens with zero attached hydrogens (tertiary/aromatic N) is 1.